The van der Waals surface area contributed by atoms with Gasteiger partial charge in [-0.1, -0.05) is 13.8 Å². The first-order chi connectivity index (χ1) is 9.63. The molecule has 20 heavy (non-hydrogen) atoms. The van der Waals surface area contributed by atoms with E-state index in [2.05, 4.69) is 36.8 Å². The second-order valence-electron chi connectivity index (χ2n) is 6.11. The molecule has 2 aromatic rings. The third-order valence-corrected chi connectivity index (χ3v) is 5.59. The first-order valence-electron chi connectivity index (χ1n) is 7.38. The van der Waals surface area contributed by atoms with Gasteiger partial charge in [0.05, 0.1) is 5.69 Å². The van der Waals surface area contributed by atoms with Gasteiger partial charge in [0.25, 0.3) is 0 Å². The van der Waals surface area contributed by atoms with Crippen molar-refractivity contribution >= 4 is 22.7 Å². The quantitative estimate of drug-likeness (QED) is 0.841. The largest absolute Gasteiger partial charge is 0.309 e. The molecule has 1 aliphatic rings. The molecule has 0 bridgehead atoms. The van der Waals surface area contributed by atoms with Crippen LogP contribution in [0.3, 0.4) is 0 Å². The number of hydrogen-bond donors (Lipinski definition) is 1. The van der Waals surface area contributed by atoms with Crippen LogP contribution in [0.5, 0.6) is 0 Å². The summed E-state index contributed by atoms with van der Waals surface area (Å²) in [6, 6.07) is 0.760. The monoisotopic (exact) mass is 306 g/mol. The third-order valence-electron chi connectivity index (χ3n) is 3.59. The maximum Gasteiger partial charge on any atom is 0.125 e. The molecule has 1 N–H and O–H groups in total. The van der Waals surface area contributed by atoms with Crippen LogP contribution in [0.4, 0.5) is 0 Å². The molecule has 0 aromatic carbocycles. The fourth-order valence-corrected chi connectivity index (χ4v) is 4.32. The second kappa shape index (κ2) is 5.96. The van der Waals surface area contributed by atoms with Crippen molar-refractivity contribution in [3.8, 4) is 10.6 Å². The van der Waals surface area contributed by atoms with Crippen LogP contribution in [0.25, 0.3) is 10.6 Å². The lowest BCUT2D eigenvalue weighted by atomic mass is 10.1. The molecule has 0 spiro atoms. The summed E-state index contributed by atoms with van der Waals surface area (Å²) in [7, 11) is 0. The lowest BCUT2D eigenvalue weighted by molar-refractivity contribution is 0.624. The summed E-state index contributed by atoms with van der Waals surface area (Å²) >= 11 is 3.65. The van der Waals surface area contributed by atoms with Gasteiger partial charge in [0.15, 0.2) is 0 Å². The highest BCUT2D eigenvalue weighted by atomic mass is 32.1. The summed E-state index contributed by atoms with van der Waals surface area (Å²) in [6.07, 6.45) is 3.77. The van der Waals surface area contributed by atoms with Crippen molar-refractivity contribution in [1.29, 1.82) is 0 Å². The van der Waals surface area contributed by atoms with Crippen molar-refractivity contribution in [3.63, 3.8) is 0 Å². The molecule has 2 aromatic heterocycles. The molecule has 0 atom stereocenters. The number of aryl methyl sites for hydroxylation is 1. The number of aromatic nitrogens is 1. The number of hydrogen-bond acceptors (Lipinski definition) is 4. The Balaban J connectivity index is 1.85. The van der Waals surface area contributed by atoms with Crippen LogP contribution in [0.15, 0.2) is 10.8 Å². The van der Waals surface area contributed by atoms with E-state index >= 15 is 0 Å². The molecule has 2 heterocycles. The minimum absolute atomic E-state index is 0.660. The Bertz CT molecular complexity index is 579. The Morgan fingerprint density at radius 2 is 2.15 bits per heavy atom. The van der Waals surface area contributed by atoms with Crippen LogP contribution >= 0.6 is 22.7 Å². The average Bonchev–Trinajstić information content (AvgIpc) is 3.00. The Morgan fingerprint density at radius 3 is 2.75 bits per heavy atom. The summed E-state index contributed by atoms with van der Waals surface area (Å²) in [5.41, 5.74) is 3.97. The standard InChI is InChI=1S/C16H22N2S2/c1-10(2)6-14-15(7-17-12-4-5-12)20-16(18-14)13-9-19-8-11(13)3/h8-10,12,17H,4-7H2,1-3H3. The van der Waals surface area contributed by atoms with Crippen LogP contribution in [-0.2, 0) is 13.0 Å². The molecule has 0 aliphatic heterocycles. The van der Waals surface area contributed by atoms with Gasteiger partial charge in [-0.2, -0.15) is 11.3 Å². The molecule has 1 saturated carbocycles. The number of thiophene rings is 1. The first kappa shape index (κ1) is 14.2. The van der Waals surface area contributed by atoms with Crippen molar-refractivity contribution in [2.45, 2.75) is 52.6 Å². The Labute approximate surface area is 129 Å². The zero-order valence-electron chi connectivity index (χ0n) is 12.4. The molecule has 108 valence electrons. The van der Waals surface area contributed by atoms with Gasteiger partial charge in [0.2, 0.25) is 0 Å². The normalized spacial score (nSPS) is 15.2. The average molecular weight is 307 g/mol. The maximum atomic E-state index is 4.94. The lowest BCUT2D eigenvalue weighted by Gasteiger charge is -2.05. The highest BCUT2D eigenvalue weighted by Crippen LogP contribution is 2.33. The summed E-state index contributed by atoms with van der Waals surface area (Å²) in [5.74, 6) is 0.660. The van der Waals surface area contributed by atoms with Gasteiger partial charge >= 0.3 is 0 Å². The van der Waals surface area contributed by atoms with Crippen LogP contribution < -0.4 is 5.32 Å². The number of thiazole rings is 1. The fourth-order valence-electron chi connectivity index (χ4n) is 2.29. The molecule has 0 unspecified atom stereocenters. The van der Waals surface area contributed by atoms with E-state index in [9.17, 15) is 0 Å². The Morgan fingerprint density at radius 1 is 1.35 bits per heavy atom. The van der Waals surface area contributed by atoms with Crippen molar-refractivity contribution < 1.29 is 0 Å². The second-order valence-corrected chi connectivity index (χ2v) is 7.94. The number of nitrogens with one attached hydrogen (secondary N) is 1. The predicted molar refractivity (Wildman–Crippen MR) is 88.6 cm³/mol. The lowest BCUT2D eigenvalue weighted by Crippen LogP contribution is -2.15. The van der Waals surface area contributed by atoms with E-state index in [1.54, 1.807) is 11.3 Å². The van der Waals surface area contributed by atoms with Crippen molar-refractivity contribution in [2.75, 3.05) is 0 Å². The highest BCUT2D eigenvalue weighted by molar-refractivity contribution is 7.15. The van der Waals surface area contributed by atoms with Crippen LogP contribution in [0, 0.1) is 12.8 Å². The van der Waals surface area contributed by atoms with E-state index in [4.69, 9.17) is 4.98 Å². The number of rotatable bonds is 6. The third kappa shape index (κ3) is 3.30. The Hall–Kier alpha value is -0.710. The molecule has 0 radical (unpaired) electrons. The maximum absolute atomic E-state index is 4.94. The zero-order valence-corrected chi connectivity index (χ0v) is 14.0. The SMILES string of the molecule is Cc1cscc1-c1nc(CC(C)C)c(CNC2CC2)s1. The van der Waals surface area contributed by atoms with Gasteiger partial charge in [-0.05, 0) is 43.0 Å². The van der Waals surface area contributed by atoms with Crippen molar-refractivity contribution in [3.05, 3.63) is 26.9 Å². The molecular weight excluding hydrogens is 284 g/mol. The molecule has 1 aliphatic carbocycles. The van der Waals surface area contributed by atoms with Gasteiger partial charge < -0.3 is 5.32 Å². The minimum atomic E-state index is 0.660. The van der Waals surface area contributed by atoms with E-state index in [1.807, 2.05) is 11.3 Å². The van der Waals surface area contributed by atoms with E-state index < -0.39 is 0 Å². The fraction of sp³-hybridized carbons (Fsp3) is 0.562. The van der Waals surface area contributed by atoms with E-state index in [-0.39, 0.29) is 0 Å². The van der Waals surface area contributed by atoms with Crippen LogP contribution in [-0.4, -0.2) is 11.0 Å². The molecule has 0 saturated heterocycles. The van der Waals surface area contributed by atoms with E-state index in [1.165, 1.54) is 39.5 Å². The topological polar surface area (TPSA) is 24.9 Å². The van der Waals surface area contributed by atoms with Crippen molar-refractivity contribution in [2.24, 2.45) is 5.92 Å². The van der Waals surface area contributed by atoms with Gasteiger partial charge in [0, 0.05) is 28.4 Å². The van der Waals surface area contributed by atoms with E-state index in [0.29, 0.717) is 5.92 Å². The Kier molecular flexibility index (Phi) is 4.24. The molecule has 3 rings (SSSR count). The summed E-state index contributed by atoms with van der Waals surface area (Å²) < 4.78 is 0. The van der Waals surface area contributed by atoms with Gasteiger partial charge in [-0.3, -0.25) is 0 Å². The number of nitrogens with zero attached hydrogens (tertiary/aromatic N) is 1. The molecule has 2 nitrogen and oxygen atoms in total. The molecule has 1 fully saturated rings. The zero-order chi connectivity index (χ0) is 14.1. The predicted octanol–water partition coefficient (Wildman–Crippen LogP) is 4.63. The smallest absolute Gasteiger partial charge is 0.125 e. The van der Waals surface area contributed by atoms with Gasteiger partial charge in [0.1, 0.15) is 5.01 Å². The summed E-state index contributed by atoms with van der Waals surface area (Å²) in [5, 5.41) is 9.27. The van der Waals surface area contributed by atoms with Crippen molar-refractivity contribution in [1.82, 2.24) is 10.3 Å². The van der Waals surface area contributed by atoms with Crippen LogP contribution in [0.2, 0.25) is 0 Å². The summed E-state index contributed by atoms with van der Waals surface area (Å²) in [6.45, 7) is 7.71. The minimum Gasteiger partial charge on any atom is -0.309 e. The molecular formula is C16H22N2S2. The molecule has 4 heteroatoms. The van der Waals surface area contributed by atoms with Gasteiger partial charge in [-0.15, -0.1) is 11.3 Å². The highest BCUT2D eigenvalue weighted by Gasteiger charge is 2.22. The van der Waals surface area contributed by atoms with Crippen LogP contribution in [0.1, 0.15) is 42.8 Å². The summed E-state index contributed by atoms with van der Waals surface area (Å²) in [4.78, 5) is 6.37. The molecule has 0 amide bonds. The van der Waals surface area contributed by atoms with E-state index in [0.717, 1.165) is 19.0 Å². The first-order valence-corrected chi connectivity index (χ1v) is 9.14. The van der Waals surface area contributed by atoms with Gasteiger partial charge in [-0.25, -0.2) is 4.98 Å².